The van der Waals surface area contributed by atoms with Crippen molar-refractivity contribution in [3.05, 3.63) is 80.5 Å². The first-order valence-electron chi connectivity index (χ1n) is 10.6. The van der Waals surface area contributed by atoms with Crippen molar-refractivity contribution >= 4 is 11.0 Å². The van der Waals surface area contributed by atoms with Crippen molar-refractivity contribution in [2.75, 3.05) is 14.2 Å². The normalized spacial score (nSPS) is 10.8. The third-order valence-electron chi connectivity index (χ3n) is 5.28. The fraction of sp³-hybridized carbons (Fsp3) is 0.296. The van der Waals surface area contributed by atoms with Crippen molar-refractivity contribution in [3.63, 3.8) is 0 Å². The minimum Gasteiger partial charge on any atom is -0.496 e. The topological polar surface area (TPSA) is 48.7 Å². The summed E-state index contributed by atoms with van der Waals surface area (Å²) < 4.78 is 44.7. The Labute approximate surface area is 192 Å². The van der Waals surface area contributed by atoms with Gasteiger partial charge in [0.15, 0.2) is 17.4 Å². The first-order chi connectivity index (χ1) is 15.7. The maximum atomic E-state index is 14.0. The van der Waals surface area contributed by atoms with E-state index in [9.17, 15) is 13.6 Å². The highest BCUT2D eigenvalue weighted by Gasteiger charge is 2.24. The molecule has 2 aromatic carbocycles. The van der Waals surface area contributed by atoms with Gasteiger partial charge in [-0.2, -0.15) is 0 Å². The van der Waals surface area contributed by atoms with Crippen LogP contribution in [-0.2, 0) is 12.8 Å². The van der Waals surface area contributed by atoms with Crippen LogP contribution in [0.15, 0.2) is 56.8 Å². The SMILES string of the molecule is COc1c(-c2ccc(F)c(F)c2)oc2c(CC=C(C)C)cc(CC=C(C)C)c(OC)c2c1=O. The molecule has 3 rings (SSSR count). The molecule has 0 amide bonds. The highest BCUT2D eigenvalue weighted by molar-refractivity contribution is 5.91. The van der Waals surface area contributed by atoms with Crippen LogP contribution in [0.1, 0.15) is 38.8 Å². The molecule has 0 unspecified atom stereocenters. The minimum absolute atomic E-state index is 0.0338. The van der Waals surface area contributed by atoms with Crippen LogP contribution in [0.5, 0.6) is 11.5 Å². The predicted molar refractivity (Wildman–Crippen MR) is 127 cm³/mol. The maximum Gasteiger partial charge on any atom is 0.239 e. The molecule has 174 valence electrons. The van der Waals surface area contributed by atoms with E-state index in [2.05, 4.69) is 6.08 Å². The summed E-state index contributed by atoms with van der Waals surface area (Å²) in [5, 5.41) is 0.262. The van der Waals surface area contributed by atoms with Gasteiger partial charge >= 0.3 is 0 Å². The Balaban J connectivity index is 2.44. The molecule has 0 saturated heterocycles. The second-order valence-electron chi connectivity index (χ2n) is 8.33. The molecule has 4 nitrogen and oxygen atoms in total. The van der Waals surface area contributed by atoms with Gasteiger partial charge in [0.1, 0.15) is 16.7 Å². The summed E-state index contributed by atoms with van der Waals surface area (Å²) >= 11 is 0. The number of methoxy groups -OCH3 is 2. The van der Waals surface area contributed by atoms with E-state index in [1.54, 1.807) is 0 Å². The minimum atomic E-state index is -1.04. The van der Waals surface area contributed by atoms with Gasteiger partial charge in [0, 0.05) is 5.56 Å². The van der Waals surface area contributed by atoms with E-state index in [0.717, 1.165) is 34.4 Å². The molecule has 0 aliphatic carbocycles. The van der Waals surface area contributed by atoms with Gasteiger partial charge in [-0.1, -0.05) is 23.3 Å². The number of ether oxygens (including phenoxy) is 2. The Kier molecular flexibility index (Phi) is 7.36. The van der Waals surface area contributed by atoms with Crippen molar-refractivity contribution in [1.29, 1.82) is 0 Å². The van der Waals surface area contributed by atoms with Gasteiger partial charge in [0.05, 0.1) is 14.2 Å². The number of allylic oxidation sites excluding steroid dienone is 4. The van der Waals surface area contributed by atoms with E-state index in [1.807, 2.05) is 39.8 Å². The van der Waals surface area contributed by atoms with Crippen molar-refractivity contribution in [2.45, 2.75) is 40.5 Å². The lowest BCUT2D eigenvalue weighted by molar-refractivity contribution is 0.394. The van der Waals surface area contributed by atoms with E-state index in [-0.39, 0.29) is 22.5 Å². The molecular weight excluding hydrogens is 426 g/mol. The van der Waals surface area contributed by atoms with Gasteiger partial charge in [-0.15, -0.1) is 0 Å². The molecule has 0 bridgehead atoms. The van der Waals surface area contributed by atoms with Gasteiger partial charge in [-0.3, -0.25) is 4.79 Å². The van der Waals surface area contributed by atoms with Crippen molar-refractivity contribution in [3.8, 4) is 22.8 Å². The second kappa shape index (κ2) is 10.0. The Bertz CT molecular complexity index is 1310. The molecule has 1 aromatic heterocycles. The zero-order valence-corrected chi connectivity index (χ0v) is 19.8. The molecule has 3 aromatic rings. The lowest BCUT2D eigenvalue weighted by atomic mass is 9.97. The molecule has 0 atom stereocenters. The molecular formula is C27H28F2O4. The highest BCUT2D eigenvalue weighted by atomic mass is 19.2. The number of hydrogen-bond acceptors (Lipinski definition) is 4. The third-order valence-corrected chi connectivity index (χ3v) is 5.28. The van der Waals surface area contributed by atoms with Gasteiger partial charge in [-0.25, -0.2) is 8.78 Å². The summed E-state index contributed by atoms with van der Waals surface area (Å²) in [6.45, 7) is 7.98. The van der Waals surface area contributed by atoms with Gasteiger partial charge in [0.2, 0.25) is 11.2 Å². The fourth-order valence-corrected chi connectivity index (χ4v) is 3.63. The number of fused-ring (bicyclic) bond motifs is 1. The molecule has 0 aliphatic rings. The summed E-state index contributed by atoms with van der Waals surface area (Å²) in [4.78, 5) is 13.6. The summed E-state index contributed by atoms with van der Waals surface area (Å²) in [7, 11) is 2.84. The van der Waals surface area contributed by atoms with E-state index in [4.69, 9.17) is 13.9 Å². The summed E-state index contributed by atoms with van der Waals surface area (Å²) in [6, 6.07) is 5.28. The first kappa shape index (κ1) is 24.2. The zero-order chi connectivity index (χ0) is 24.3. The molecule has 0 spiro atoms. The standard InChI is InChI=1S/C27H28F2O4/c1-15(2)7-9-17-13-18(10-8-16(3)4)25-22(24(17)31-5)23(30)27(32-6)26(33-25)19-11-12-20(28)21(29)14-19/h7-8,11-14H,9-10H2,1-6H3. The van der Waals surface area contributed by atoms with Crippen molar-refractivity contribution in [2.24, 2.45) is 0 Å². The van der Waals surface area contributed by atoms with Crippen molar-refractivity contribution < 1.29 is 22.7 Å². The van der Waals surface area contributed by atoms with Crippen LogP contribution < -0.4 is 14.9 Å². The Morgan fingerprint density at radius 1 is 0.879 bits per heavy atom. The summed E-state index contributed by atoms with van der Waals surface area (Å²) in [5.74, 6) is -1.69. The quantitative estimate of drug-likeness (QED) is 0.370. The van der Waals surface area contributed by atoms with Crippen LogP contribution >= 0.6 is 0 Å². The molecule has 0 saturated carbocycles. The number of hydrogen-bond donors (Lipinski definition) is 0. The number of benzene rings is 2. The second-order valence-corrected chi connectivity index (χ2v) is 8.33. The molecule has 33 heavy (non-hydrogen) atoms. The van der Waals surface area contributed by atoms with Gasteiger partial charge in [-0.05, 0) is 75.9 Å². The molecule has 1 heterocycles. The first-order valence-corrected chi connectivity index (χ1v) is 10.6. The largest absolute Gasteiger partial charge is 0.496 e. The predicted octanol–water partition coefficient (Wildman–Crippen LogP) is 6.77. The van der Waals surface area contributed by atoms with Crippen LogP contribution in [0.3, 0.4) is 0 Å². The molecule has 0 N–H and O–H groups in total. The summed E-state index contributed by atoms with van der Waals surface area (Å²) in [6.07, 6.45) is 5.20. The third kappa shape index (κ3) is 5.00. The molecule has 0 radical (unpaired) electrons. The van der Waals surface area contributed by atoms with Crippen LogP contribution in [0.4, 0.5) is 8.78 Å². The number of halogens is 2. The van der Waals surface area contributed by atoms with E-state index >= 15 is 0 Å². The van der Waals surface area contributed by atoms with E-state index in [0.29, 0.717) is 24.2 Å². The lowest BCUT2D eigenvalue weighted by Gasteiger charge is -2.16. The van der Waals surface area contributed by atoms with Gasteiger partial charge < -0.3 is 13.9 Å². The molecule has 0 aliphatic heterocycles. The molecule has 0 fully saturated rings. The average molecular weight is 455 g/mol. The van der Waals surface area contributed by atoms with Crippen LogP contribution in [0, 0.1) is 11.6 Å². The Morgan fingerprint density at radius 2 is 1.48 bits per heavy atom. The van der Waals surface area contributed by atoms with Crippen molar-refractivity contribution in [1.82, 2.24) is 0 Å². The van der Waals surface area contributed by atoms with E-state index < -0.39 is 17.1 Å². The lowest BCUT2D eigenvalue weighted by Crippen LogP contribution is -2.11. The van der Waals surface area contributed by atoms with Crippen LogP contribution in [0.2, 0.25) is 0 Å². The summed E-state index contributed by atoms with van der Waals surface area (Å²) in [5.41, 5.74) is 3.97. The zero-order valence-electron chi connectivity index (χ0n) is 19.8. The Morgan fingerprint density at radius 3 is 2.03 bits per heavy atom. The van der Waals surface area contributed by atoms with Crippen LogP contribution in [0.25, 0.3) is 22.3 Å². The maximum absolute atomic E-state index is 14.0. The smallest absolute Gasteiger partial charge is 0.239 e. The van der Waals surface area contributed by atoms with E-state index in [1.165, 1.54) is 20.3 Å². The monoisotopic (exact) mass is 454 g/mol. The molecule has 6 heteroatoms. The fourth-order valence-electron chi connectivity index (χ4n) is 3.63. The van der Waals surface area contributed by atoms with Gasteiger partial charge in [0.25, 0.3) is 0 Å². The highest BCUT2D eigenvalue weighted by Crippen LogP contribution is 2.38. The Hall–Kier alpha value is -3.41. The average Bonchev–Trinajstić information content (AvgIpc) is 2.77. The van der Waals surface area contributed by atoms with Crippen LogP contribution in [-0.4, -0.2) is 14.2 Å². The number of rotatable bonds is 7.